The Hall–Kier alpha value is -3.14. The van der Waals surface area contributed by atoms with E-state index in [1.807, 2.05) is 6.07 Å². The molecule has 0 bridgehead atoms. The Morgan fingerprint density at radius 1 is 1.30 bits per heavy atom. The molecule has 2 aromatic carbocycles. The van der Waals surface area contributed by atoms with Crippen LogP contribution in [0.25, 0.3) is 6.08 Å². The fourth-order valence-electron chi connectivity index (χ4n) is 4.01. The molecule has 0 spiro atoms. The average Bonchev–Trinajstić information content (AvgIpc) is 3.17. The summed E-state index contributed by atoms with van der Waals surface area (Å²) in [4.78, 5) is 31.8. The zero-order valence-corrected chi connectivity index (χ0v) is 23.6. The van der Waals surface area contributed by atoms with Gasteiger partial charge < -0.3 is 14.2 Å². The van der Waals surface area contributed by atoms with E-state index in [0.717, 1.165) is 11.1 Å². The summed E-state index contributed by atoms with van der Waals surface area (Å²) in [5.74, 6) is 0.537. The van der Waals surface area contributed by atoms with Gasteiger partial charge in [0, 0.05) is 5.02 Å². The second-order valence-corrected chi connectivity index (χ2v) is 10.3. The quantitative estimate of drug-likeness (QED) is 0.273. The van der Waals surface area contributed by atoms with E-state index in [0.29, 0.717) is 48.2 Å². The van der Waals surface area contributed by atoms with Crippen LogP contribution in [0.4, 0.5) is 0 Å². The lowest BCUT2D eigenvalue weighted by atomic mass is 9.96. The first-order chi connectivity index (χ1) is 17.8. The summed E-state index contributed by atoms with van der Waals surface area (Å²) in [5.41, 5.74) is 1.99. The minimum Gasteiger partial charge on any atom is -0.493 e. The molecule has 37 heavy (non-hydrogen) atoms. The number of thiazole rings is 1. The van der Waals surface area contributed by atoms with Crippen molar-refractivity contribution in [2.24, 2.45) is 4.99 Å². The Labute approximate surface area is 231 Å². The maximum absolute atomic E-state index is 13.8. The second-order valence-electron chi connectivity index (χ2n) is 7.99. The summed E-state index contributed by atoms with van der Waals surface area (Å²) in [6, 6.07) is 9.97. The van der Waals surface area contributed by atoms with Gasteiger partial charge in [0.15, 0.2) is 16.3 Å². The Kier molecular flexibility index (Phi) is 8.36. The molecular formula is C27H24BrClN2O5S. The number of methoxy groups -OCH3 is 1. The van der Waals surface area contributed by atoms with Gasteiger partial charge in [-0.1, -0.05) is 47.7 Å². The largest absolute Gasteiger partial charge is 0.493 e. The normalized spacial score (nSPS) is 15.2. The molecular weight excluding hydrogens is 580 g/mol. The van der Waals surface area contributed by atoms with Gasteiger partial charge in [-0.3, -0.25) is 9.36 Å². The number of halogens is 2. The molecule has 0 unspecified atom stereocenters. The van der Waals surface area contributed by atoms with Gasteiger partial charge in [0.2, 0.25) is 0 Å². The molecule has 1 aromatic heterocycles. The van der Waals surface area contributed by atoms with Gasteiger partial charge in [-0.05, 0) is 71.2 Å². The lowest BCUT2D eigenvalue weighted by Gasteiger charge is -2.24. The summed E-state index contributed by atoms with van der Waals surface area (Å²) in [5, 5.41) is 0.551. The monoisotopic (exact) mass is 602 g/mol. The van der Waals surface area contributed by atoms with E-state index in [9.17, 15) is 9.59 Å². The predicted octanol–water partition coefficient (Wildman–Crippen LogP) is 4.79. The Bertz CT molecular complexity index is 1570. The highest BCUT2D eigenvalue weighted by Gasteiger charge is 2.33. The minimum absolute atomic E-state index is 0.205. The topological polar surface area (TPSA) is 79.1 Å². The molecule has 1 aliphatic rings. The van der Waals surface area contributed by atoms with Crippen molar-refractivity contribution in [1.82, 2.24) is 4.57 Å². The van der Waals surface area contributed by atoms with Crippen molar-refractivity contribution < 1.29 is 19.0 Å². The van der Waals surface area contributed by atoms with Crippen LogP contribution in [0, 0.1) is 0 Å². The zero-order valence-electron chi connectivity index (χ0n) is 20.4. The average molecular weight is 604 g/mol. The lowest BCUT2D eigenvalue weighted by molar-refractivity contribution is -0.139. The molecule has 4 rings (SSSR count). The van der Waals surface area contributed by atoms with E-state index in [1.54, 1.807) is 63.4 Å². The van der Waals surface area contributed by atoms with Crippen molar-refractivity contribution in [3.05, 3.63) is 101 Å². The SMILES string of the molecule is C=CCOc1c(Br)cc(/C=c2/sc3n(c2=O)[C@@H](c2ccc(Cl)cc2)C(C(=O)OCC)=C(C)N=3)cc1OC. The third kappa shape index (κ3) is 5.44. The Morgan fingerprint density at radius 2 is 2.03 bits per heavy atom. The fourth-order valence-corrected chi connectivity index (χ4v) is 5.76. The highest BCUT2D eigenvalue weighted by atomic mass is 79.9. The molecule has 0 saturated carbocycles. The molecule has 7 nitrogen and oxygen atoms in total. The number of nitrogens with zero attached hydrogens (tertiary/aromatic N) is 2. The van der Waals surface area contributed by atoms with Crippen molar-refractivity contribution in [2.75, 3.05) is 20.3 Å². The van der Waals surface area contributed by atoms with Gasteiger partial charge in [0.05, 0.1) is 40.0 Å². The van der Waals surface area contributed by atoms with Crippen LogP contribution in [0.2, 0.25) is 5.02 Å². The molecule has 2 heterocycles. The third-order valence-electron chi connectivity index (χ3n) is 5.60. The maximum Gasteiger partial charge on any atom is 0.338 e. The number of fused-ring (bicyclic) bond motifs is 1. The molecule has 0 saturated heterocycles. The molecule has 0 fully saturated rings. The first-order valence-electron chi connectivity index (χ1n) is 11.3. The molecule has 192 valence electrons. The summed E-state index contributed by atoms with van der Waals surface area (Å²) >= 11 is 10.9. The van der Waals surface area contributed by atoms with Crippen LogP contribution < -0.4 is 24.4 Å². The van der Waals surface area contributed by atoms with E-state index in [4.69, 9.17) is 25.8 Å². The standard InChI is InChI=1S/C27H24BrClN2O5S/c1-5-11-36-24-19(28)12-16(13-20(24)34-4)14-21-25(32)31-23(17-7-9-18(29)10-8-17)22(26(33)35-6-2)15(3)30-27(31)37-21/h5,7-10,12-14,23H,1,6,11H2,2-4H3/b21-14+/t23-/m0/s1. The lowest BCUT2D eigenvalue weighted by Crippen LogP contribution is -2.39. The van der Waals surface area contributed by atoms with Crippen molar-refractivity contribution >= 4 is 50.9 Å². The number of allylic oxidation sites excluding steroid dienone is 1. The maximum atomic E-state index is 13.8. The van der Waals surface area contributed by atoms with Crippen molar-refractivity contribution in [2.45, 2.75) is 19.9 Å². The number of rotatable bonds is 8. The smallest absolute Gasteiger partial charge is 0.338 e. The predicted molar refractivity (Wildman–Crippen MR) is 148 cm³/mol. The van der Waals surface area contributed by atoms with Gasteiger partial charge in [0.25, 0.3) is 5.56 Å². The van der Waals surface area contributed by atoms with E-state index >= 15 is 0 Å². The number of ether oxygens (including phenoxy) is 3. The van der Waals surface area contributed by atoms with Crippen LogP contribution in [-0.2, 0) is 9.53 Å². The van der Waals surface area contributed by atoms with Crippen molar-refractivity contribution in [3.63, 3.8) is 0 Å². The Morgan fingerprint density at radius 3 is 2.68 bits per heavy atom. The number of hydrogen-bond acceptors (Lipinski definition) is 7. The number of aromatic nitrogens is 1. The van der Waals surface area contributed by atoms with E-state index in [-0.39, 0.29) is 12.2 Å². The van der Waals surface area contributed by atoms with E-state index in [1.165, 1.54) is 15.9 Å². The molecule has 0 radical (unpaired) electrons. The summed E-state index contributed by atoms with van der Waals surface area (Å²) in [7, 11) is 1.55. The van der Waals surface area contributed by atoms with Crippen molar-refractivity contribution in [3.8, 4) is 11.5 Å². The van der Waals surface area contributed by atoms with Crippen LogP contribution in [0.15, 0.2) is 74.6 Å². The zero-order chi connectivity index (χ0) is 26.7. The summed E-state index contributed by atoms with van der Waals surface area (Å²) in [6.07, 6.45) is 3.40. The highest BCUT2D eigenvalue weighted by molar-refractivity contribution is 9.10. The van der Waals surface area contributed by atoms with E-state index < -0.39 is 12.0 Å². The number of hydrogen-bond donors (Lipinski definition) is 0. The molecule has 10 heteroatoms. The number of benzene rings is 2. The summed E-state index contributed by atoms with van der Waals surface area (Å²) in [6.45, 7) is 7.68. The van der Waals surface area contributed by atoms with Gasteiger partial charge >= 0.3 is 5.97 Å². The number of carbonyl (C=O) groups is 1. The molecule has 0 N–H and O–H groups in total. The fraction of sp³-hybridized carbons (Fsp3) is 0.222. The summed E-state index contributed by atoms with van der Waals surface area (Å²) < 4.78 is 19.2. The van der Waals surface area contributed by atoms with Crippen LogP contribution >= 0.6 is 38.9 Å². The molecule has 1 atom stereocenters. The minimum atomic E-state index is -0.703. The van der Waals surface area contributed by atoms with Gasteiger partial charge in [-0.15, -0.1) is 0 Å². The first kappa shape index (κ1) is 26.9. The van der Waals surface area contributed by atoms with Crippen LogP contribution in [0.1, 0.15) is 31.0 Å². The van der Waals surface area contributed by atoms with Gasteiger partial charge in [-0.2, -0.15) is 0 Å². The molecule has 0 amide bonds. The molecule has 1 aliphatic heterocycles. The highest BCUT2D eigenvalue weighted by Crippen LogP contribution is 2.37. The van der Waals surface area contributed by atoms with E-state index in [2.05, 4.69) is 27.5 Å². The molecule has 3 aromatic rings. The van der Waals surface area contributed by atoms with Gasteiger partial charge in [0.1, 0.15) is 6.61 Å². The third-order valence-corrected chi connectivity index (χ3v) is 7.42. The Balaban J connectivity index is 1.90. The number of carbonyl (C=O) groups excluding carboxylic acids is 1. The number of esters is 1. The van der Waals surface area contributed by atoms with Crippen LogP contribution in [-0.4, -0.2) is 30.9 Å². The van der Waals surface area contributed by atoms with Crippen LogP contribution in [0.3, 0.4) is 0 Å². The first-order valence-corrected chi connectivity index (χ1v) is 13.3. The van der Waals surface area contributed by atoms with Gasteiger partial charge in [-0.25, -0.2) is 9.79 Å². The van der Waals surface area contributed by atoms with Crippen molar-refractivity contribution in [1.29, 1.82) is 0 Å². The van der Waals surface area contributed by atoms with Crippen LogP contribution in [0.5, 0.6) is 11.5 Å². The second kappa shape index (κ2) is 11.5. The molecule has 0 aliphatic carbocycles.